The van der Waals surface area contributed by atoms with E-state index in [0.29, 0.717) is 0 Å². The molecule has 0 aromatic heterocycles. The summed E-state index contributed by atoms with van der Waals surface area (Å²) in [5.74, 6) is 1.89. The number of anilines is 1. The second-order valence-electron chi connectivity index (χ2n) is 7.63. The highest BCUT2D eigenvalue weighted by Crippen LogP contribution is 2.27. The van der Waals surface area contributed by atoms with Gasteiger partial charge in [0.1, 0.15) is 5.75 Å². The summed E-state index contributed by atoms with van der Waals surface area (Å²) in [6, 6.07) is 13.3. The first-order valence-corrected chi connectivity index (χ1v) is 10.2. The summed E-state index contributed by atoms with van der Waals surface area (Å²) in [6.45, 7) is 3.60. The van der Waals surface area contributed by atoms with Crippen LogP contribution in [0.3, 0.4) is 0 Å². The van der Waals surface area contributed by atoms with E-state index >= 15 is 0 Å². The quantitative estimate of drug-likeness (QED) is 0.620. The summed E-state index contributed by atoms with van der Waals surface area (Å²) in [6.07, 6.45) is 4.40. The zero-order valence-electron chi connectivity index (χ0n) is 16.9. The van der Waals surface area contributed by atoms with E-state index in [9.17, 15) is 0 Å². The molecule has 2 N–H and O–H groups in total. The van der Waals surface area contributed by atoms with Crippen molar-refractivity contribution in [2.75, 3.05) is 38.7 Å². The first kappa shape index (κ1) is 18.7. The summed E-state index contributed by atoms with van der Waals surface area (Å²) in [4.78, 5) is 6.71. The van der Waals surface area contributed by atoms with Gasteiger partial charge in [0, 0.05) is 45.8 Å². The van der Waals surface area contributed by atoms with Gasteiger partial charge in [0.05, 0.1) is 6.61 Å². The molecule has 0 amide bonds. The number of aliphatic imine (C=N–C) groups is 1. The monoisotopic (exact) mass is 378 g/mol. The minimum atomic E-state index is 0.785. The fourth-order valence-corrected chi connectivity index (χ4v) is 4.08. The summed E-state index contributed by atoms with van der Waals surface area (Å²) in [7, 11) is 4.00. The number of guanidine groups is 1. The van der Waals surface area contributed by atoms with E-state index in [1.807, 2.05) is 7.05 Å². The Kier molecular flexibility index (Phi) is 5.70. The summed E-state index contributed by atoms with van der Waals surface area (Å²) in [5.41, 5.74) is 6.80. The van der Waals surface area contributed by atoms with Crippen LogP contribution in [0.15, 0.2) is 41.4 Å². The Morgan fingerprint density at radius 3 is 2.82 bits per heavy atom. The molecule has 0 saturated carbocycles. The van der Waals surface area contributed by atoms with Crippen molar-refractivity contribution in [1.82, 2.24) is 10.6 Å². The Morgan fingerprint density at radius 2 is 1.93 bits per heavy atom. The fraction of sp³-hybridized carbons (Fsp3) is 0.435. The van der Waals surface area contributed by atoms with Crippen molar-refractivity contribution in [1.29, 1.82) is 0 Å². The van der Waals surface area contributed by atoms with Crippen LogP contribution in [-0.4, -0.2) is 39.8 Å². The van der Waals surface area contributed by atoms with Crippen molar-refractivity contribution in [3.8, 4) is 5.75 Å². The van der Waals surface area contributed by atoms with Crippen LogP contribution in [0.25, 0.3) is 0 Å². The Morgan fingerprint density at radius 1 is 1.07 bits per heavy atom. The number of nitrogens with zero attached hydrogens (tertiary/aromatic N) is 2. The first-order valence-electron chi connectivity index (χ1n) is 10.2. The minimum absolute atomic E-state index is 0.785. The third-order valence-electron chi connectivity index (χ3n) is 5.64. The highest BCUT2D eigenvalue weighted by atomic mass is 16.5. The van der Waals surface area contributed by atoms with Crippen LogP contribution in [0.5, 0.6) is 5.75 Å². The van der Waals surface area contributed by atoms with E-state index in [4.69, 9.17) is 4.74 Å². The summed E-state index contributed by atoms with van der Waals surface area (Å²) >= 11 is 0. The number of fused-ring (bicyclic) bond motifs is 2. The molecule has 0 radical (unpaired) electrons. The lowest BCUT2D eigenvalue weighted by atomic mass is 9.99. The summed E-state index contributed by atoms with van der Waals surface area (Å²) in [5, 5.41) is 6.86. The van der Waals surface area contributed by atoms with E-state index in [1.165, 1.54) is 40.8 Å². The molecule has 4 rings (SSSR count). The Hall–Kier alpha value is -2.69. The van der Waals surface area contributed by atoms with E-state index < -0.39 is 0 Å². The second-order valence-corrected chi connectivity index (χ2v) is 7.63. The molecule has 148 valence electrons. The van der Waals surface area contributed by atoms with Crippen LogP contribution in [0, 0.1) is 0 Å². The lowest BCUT2D eigenvalue weighted by molar-refractivity contribution is 0.357. The number of aryl methyl sites for hydroxylation is 1. The predicted octanol–water partition coefficient (Wildman–Crippen LogP) is 2.91. The molecule has 0 atom stereocenters. The largest absolute Gasteiger partial charge is 0.493 e. The fourth-order valence-electron chi connectivity index (χ4n) is 4.08. The highest BCUT2D eigenvalue weighted by Gasteiger charge is 2.14. The second kappa shape index (κ2) is 8.55. The molecule has 0 saturated heterocycles. The topological polar surface area (TPSA) is 48.9 Å². The van der Waals surface area contributed by atoms with Crippen LogP contribution in [0.4, 0.5) is 5.69 Å². The molecule has 28 heavy (non-hydrogen) atoms. The number of nitrogens with one attached hydrogen (secondary N) is 2. The third-order valence-corrected chi connectivity index (χ3v) is 5.64. The maximum absolute atomic E-state index is 5.58. The van der Waals surface area contributed by atoms with Crippen molar-refractivity contribution in [2.24, 2.45) is 4.99 Å². The van der Waals surface area contributed by atoms with Crippen molar-refractivity contribution in [3.63, 3.8) is 0 Å². The number of rotatable bonds is 5. The third kappa shape index (κ3) is 4.24. The lowest BCUT2D eigenvalue weighted by Gasteiger charge is -2.28. The highest BCUT2D eigenvalue weighted by molar-refractivity contribution is 5.79. The molecular formula is C23H30N4O. The van der Waals surface area contributed by atoms with Gasteiger partial charge in [0.2, 0.25) is 0 Å². The van der Waals surface area contributed by atoms with Crippen LogP contribution in [-0.2, 0) is 25.8 Å². The van der Waals surface area contributed by atoms with E-state index in [-0.39, 0.29) is 0 Å². The number of benzene rings is 2. The minimum Gasteiger partial charge on any atom is -0.493 e. The number of ether oxygens (including phenoxy) is 1. The van der Waals surface area contributed by atoms with Crippen molar-refractivity contribution in [3.05, 3.63) is 58.7 Å². The maximum atomic E-state index is 5.58. The van der Waals surface area contributed by atoms with Gasteiger partial charge in [-0.2, -0.15) is 0 Å². The maximum Gasteiger partial charge on any atom is 0.191 e. The van der Waals surface area contributed by atoms with Crippen LogP contribution in [0.2, 0.25) is 0 Å². The Labute approximate surface area is 167 Å². The van der Waals surface area contributed by atoms with E-state index in [1.54, 1.807) is 0 Å². The van der Waals surface area contributed by atoms with E-state index in [0.717, 1.165) is 50.8 Å². The summed E-state index contributed by atoms with van der Waals surface area (Å²) < 4.78 is 5.58. The number of hydrogen-bond acceptors (Lipinski definition) is 3. The molecule has 2 aromatic carbocycles. The first-order chi connectivity index (χ1) is 13.7. The molecule has 0 aliphatic carbocycles. The van der Waals surface area contributed by atoms with Gasteiger partial charge in [-0.1, -0.05) is 24.3 Å². The molecule has 0 unspecified atom stereocenters. The van der Waals surface area contributed by atoms with Gasteiger partial charge in [-0.3, -0.25) is 4.99 Å². The standard InChI is InChI=1S/C23H30N4O/c1-24-23(25-11-9-17-6-8-22-20(14-17)10-13-28-22)26-16-18-5-7-21-19(15-18)4-3-12-27(21)2/h5-8,14-15H,3-4,9-13,16H2,1-2H3,(H2,24,25,26). The molecule has 0 fully saturated rings. The number of hydrogen-bond donors (Lipinski definition) is 2. The normalized spacial score (nSPS) is 15.6. The van der Waals surface area contributed by atoms with Crippen molar-refractivity contribution < 1.29 is 4.74 Å². The molecule has 2 aliphatic rings. The van der Waals surface area contributed by atoms with Gasteiger partial charge in [-0.25, -0.2) is 0 Å². The molecule has 2 heterocycles. The van der Waals surface area contributed by atoms with Crippen LogP contribution >= 0.6 is 0 Å². The molecule has 0 bridgehead atoms. The zero-order valence-corrected chi connectivity index (χ0v) is 16.9. The molecule has 5 heteroatoms. The average Bonchev–Trinajstić information content (AvgIpc) is 3.18. The lowest BCUT2D eigenvalue weighted by Crippen LogP contribution is -2.37. The Bertz CT molecular complexity index is 862. The zero-order chi connectivity index (χ0) is 19.3. The molecule has 2 aromatic rings. The molecule has 5 nitrogen and oxygen atoms in total. The van der Waals surface area contributed by atoms with Crippen LogP contribution in [0.1, 0.15) is 28.7 Å². The van der Waals surface area contributed by atoms with Gasteiger partial charge in [0.15, 0.2) is 5.96 Å². The predicted molar refractivity (Wildman–Crippen MR) is 116 cm³/mol. The molecular weight excluding hydrogens is 348 g/mol. The van der Waals surface area contributed by atoms with E-state index in [2.05, 4.69) is 64.0 Å². The van der Waals surface area contributed by atoms with Gasteiger partial charge < -0.3 is 20.3 Å². The SMILES string of the molecule is CN=C(NCCc1ccc2c(c1)CCO2)NCc1ccc2c(c1)CCCN2C. The molecule has 0 spiro atoms. The van der Waals surface area contributed by atoms with Gasteiger partial charge in [-0.05, 0) is 53.6 Å². The average molecular weight is 379 g/mol. The molecule has 2 aliphatic heterocycles. The Balaban J connectivity index is 1.27. The van der Waals surface area contributed by atoms with Crippen LogP contribution < -0.4 is 20.3 Å². The smallest absolute Gasteiger partial charge is 0.191 e. The van der Waals surface area contributed by atoms with Crippen molar-refractivity contribution in [2.45, 2.75) is 32.2 Å². The van der Waals surface area contributed by atoms with Gasteiger partial charge >= 0.3 is 0 Å². The van der Waals surface area contributed by atoms with Gasteiger partial charge in [-0.15, -0.1) is 0 Å². The van der Waals surface area contributed by atoms with Crippen molar-refractivity contribution >= 4 is 11.6 Å². The van der Waals surface area contributed by atoms with Gasteiger partial charge in [0.25, 0.3) is 0 Å².